The van der Waals surface area contributed by atoms with E-state index in [1.165, 1.54) is 16.4 Å². The molecule has 0 unspecified atom stereocenters. The molecule has 1 aromatic rings. The average molecular weight is 401 g/mol. The van der Waals surface area contributed by atoms with Crippen LogP contribution >= 0.6 is 11.6 Å². The predicted molar refractivity (Wildman–Crippen MR) is 105 cm³/mol. The van der Waals surface area contributed by atoms with E-state index < -0.39 is 10.0 Å². The van der Waals surface area contributed by atoms with Crippen molar-refractivity contribution in [1.82, 2.24) is 9.21 Å². The van der Waals surface area contributed by atoms with Gasteiger partial charge in [0.2, 0.25) is 10.0 Å². The smallest absolute Gasteiger partial charge is 0.253 e. The first kappa shape index (κ1) is 21.2. The molecule has 1 aromatic carbocycles. The maximum atomic E-state index is 13.1. The van der Waals surface area contributed by atoms with Gasteiger partial charge in [0.25, 0.3) is 5.91 Å². The van der Waals surface area contributed by atoms with Crippen molar-refractivity contribution in [3.8, 4) is 0 Å². The topological polar surface area (TPSA) is 57.7 Å². The summed E-state index contributed by atoms with van der Waals surface area (Å²) in [5.41, 5.74) is 0.379. The Bertz CT molecular complexity index is 707. The zero-order valence-electron chi connectivity index (χ0n) is 15.7. The molecule has 26 heavy (non-hydrogen) atoms. The molecule has 146 valence electrons. The second-order valence-corrected chi connectivity index (χ2v) is 9.07. The van der Waals surface area contributed by atoms with Crippen LogP contribution in [0.15, 0.2) is 23.1 Å². The van der Waals surface area contributed by atoms with Crippen molar-refractivity contribution in [1.29, 1.82) is 0 Å². The molecular formula is C19H29ClN2O3S. The Balaban J connectivity index is 2.35. The highest BCUT2D eigenvalue weighted by atomic mass is 35.5. The Morgan fingerprint density at radius 1 is 1.08 bits per heavy atom. The van der Waals surface area contributed by atoms with E-state index in [1.807, 2.05) is 13.8 Å². The number of carbonyl (C=O) groups excluding carboxylic acids is 1. The molecule has 0 atom stereocenters. The van der Waals surface area contributed by atoms with Crippen molar-refractivity contribution in [2.24, 2.45) is 0 Å². The van der Waals surface area contributed by atoms with E-state index in [0.29, 0.717) is 31.7 Å². The van der Waals surface area contributed by atoms with Gasteiger partial charge in [-0.25, -0.2) is 8.42 Å². The molecule has 0 aliphatic carbocycles. The molecule has 1 aliphatic heterocycles. The van der Waals surface area contributed by atoms with E-state index in [9.17, 15) is 13.2 Å². The van der Waals surface area contributed by atoms with Crippen molar-refractivity contribution in [2.45, 2.75) is 57.3 Å². The molecule has 0 aromatic heterocycles. The third-order valence-corrected chi connectivity index (χ3v) is 7.02. The third kappa shape index (κ3) is 4.99. The van der Waals surface area contributed by atoms with Crippen LogP contribution in [-0.2, 0) is 10.0 Å². The monoisotopic (exact) mass is 400 g/mol. The normalized spacial score (nSPS) is 16.3. The van der Waals surface area contributed by atoms with E-state index in [4.69, 9.17) is 11.6 Å². The van der Waals surface area contributed by atoms with E-state index >= 15 is 0 Å². The summed E-state index contributed by atoms with van der Waals surface area (Å²) in [4.78, 5) is 14.6. The van der Waals surface area contributed by atoms with Gasteiger partial charge in [0, 0.05) is 31.7 Å². The lowest BCUT2D eigenvalue weighted by Crippen LogP contribution is -2.34. The fourth-order valence-corrected chi connectivity index (χ4v) is 5.31. The Morgan fingerprint density at radius 2 is 1.65 bits per heavy atom. The van der Waals surface area contributed by atoms with Crippen LogP contribution in [0.5, 0.6) is 0 Å². The lowest BCUT2D eigenvalue weighted by atomic mass is 10.2. The van der Waals surface area contributed by atoms with E-state index in [1.54, 1.807) is 11.0 Å². The molecule has 1 saturated heterocycles. The van der Waals surface area contributed by atoms with Gasteiger partial charge in [0.15, 0.2) is 0 Å². The fraction of sp³-hybridized carbons (Fsp3) is 0.632. The molecule has 0 saturated carbocycles. The van der Waals surface area contributed by atoms with Gasteiger partial charge in [-0.05, 0) is 43.9 Å². The molecule has 5 nitrogen and oxygen atoms in total. The number of benzene rings is 1. The second-order valence-electron chi connectivity index (χ2n) is 6.76. The van der Waals surface area contributed by atoms with Gasteiger partial charge in [-0.1, -0.05) is 38.3 Å². The molecule has 1 aliphatic rings. The first-order valence-electron chi connectivity index (χ1n) is 9.50. The summed E-state index contributed by atoms with van der Waals surface area (Å²) < 4.78 is 27.7. The fourth-order valence-electron chi connectivity index (χ4n) is 3.29. The molecule has 1 amide bonds. The van der Waals surface area contributed by atoms with Gasteiger partial charge in [-0.3, -0.25) is 4.79 Å². The highest BCUT2D eigenvalue weighted by molar-refractivity contribution is 7.89. The van der Waals surface area contributed by atoms with E-state index in [2.05, 4.69) is 0 Å². The molecule has 7 heteroatoms. The lowest BCUT2D eigenvalue weighted by Gasteiger charge is -2.23. The number of nitrogens with zero attached hydrogens (tertiary/aromatic N) is 2. The SMILES string of the molecule is CCCN(CCC)C(=O)c1ccc(Cl)c(S(=O)(=O)N2CCCCCC2)c1. The van der Waals surface area contributed by atoms with Crippen LogP contribution in [0.1, 0.15) is 62.7 Å². The maximum absolute atomic E-state index is 13.1. The predicted octanol–water partition coefficient (Wildman–Crippen LogP) is 4.17. The summed E-state index contributed by atoms with van der Waals surface area (Å²) in [7, 11) is -3.69. The molecule has 0 radical (unpaired) electrons. The van der Waals surface area contributed by atoms with Gasteiger partial charge in [0.05, 0.1) is 5.02 Å². The highest BCUT2D eigenvalue weighted by Crippen LogP contribution is 2.28. The molecular weight excluding hydrogens is 372 g/mol. The second kappa shape index (κ2) is 9.72. The molecule has 0 bridgehead atoms. The van der Waals surface area contributed by atoms with Crippen LogP contribution in [0.2, 0.25) is 5.02 Å². The largest absolute Gasteiger partial charge is 0.339 e. The summed E-state index contributed by atoms with van der Waals surface area (Å²) in [6.07, 6.45) is 5.52. The number of amides is 1. The summed E-state index contributed by atoms with van der Waals surface area (Å²) in [5.74, 6) is -0.141. The summed E-state index contributed by atoms with van der Waals surface area (Å²) in [6.45, 7) is 6.37. The van der Waals surface area contributed by atoms with Crippen LogP contribution in [0.25, 0.3) is 0 Å². The molecule has 0 spiro atoms. The number of rotatable bonds is 7. The van der Waals surface area contributed by atoms with Crippen LogP contribution in [-0.4, -0.2) is 49.7 Å². The van der Waals surface area contributed by atoms with Crippen LogP contribution in [0, 0.1) is 0 Å². The Kier molecular flexibility index (Phi) is 7.92. The standard InChI is InChI=1S/C19H29ClN2O3S/c1-3-11-21(12-4-2)19(23)16-9-10-17(20)18(15-16)26(24,25)22-13-7-5-6-8-14-22/h9-10,15H,3-8,11-14H2,1-2H3. The molecule has 1 fully saturated rings. The Morgan fingerprint density at radius 3 is 2.19 bits per heavy atom. The third-order valence-electron chi connectivity index (χ3n) is 4.64. The number of hydrogen-bond donors (Lipinski definition) is 0. The zero-order valence-corrected chi connectivity index (χ0v) is 17.3. The van der Waals surface area contributed by atoms with Crippen molar-refractivity contribution in [2.75, 3.05) is 26.2 Å². The minimum atomic E-state index is -3.69. The molecule has 1 heterocycles. The zero-order chi connectivity index (χ0) is 19.2. The Labute approximate surface area is 162 Å². The number of halogens is 1. The van der Waals surface area contributed by atoms with Gasteiger partial charge >= 0.3 is 0 Å². The quantitative estimate of drug-likeness (QED) is 0.690. The lowest BCUT2D eigenvalue weighted by molar-refractivity contribution is 0.0755. The Hall–Kier alpha value is -1.11. The van der Waals surface area contributed by atoms with Gasteiger partial charge in [-0.2, -0.15) is 4.31 Å². The van der Waals surface area contributed by atoms with E-state index in [-0.39, 0.29) is 15.8 Å². The number of hydrogen-bond acceptors (Lipinski definition) is 3. The maximum Gasteiger partial charge on any atom is 0.253 e. The van der Waals surface area contributed by atoms with E-state index in [0.717, 1.165) is 38.5 Å². The first-order valence-corrected chi connectivity index (χ1v) is 11.3. The minimum Gasteiger partial charge on any atom is -0.339 e. The minimum absolute atomic E-state index is 0.0415. The number of sulfonamides is 1. The summed E-state index contributed by atoms with van der Waals surface area (Å²) in [5, 5.41) is 0.170. The van der Waals surface area contributed by atoms with Crippen LogP contribution < -0.4 is 0 Å². The first-order chi connectivity index (χ1) is 12.4. The molecule has 2 rings (SSSR count). The van der Waals surface area contributed by atoms with Crippen LogP contribution in [0.4, 0.5) is 0 Å². The van der Waals surface area contributed by atoms with Gasteiger partial charge in [-0.15, -0.1) is 0 Å². The van der Waals surface area contributed by atoms with Crippen LogP contribution in [0.3, 0.4) is 0 Å². The van der Waals surface area contributed by atoms with Gasteiger partial charge < -0.3 is 4.90 Å². The van der Waals surface area contributed by atoms with Crippen molar-refractivity contribution >= 4 is 27.5 Å². The highest BCUT2D eigenvalue weighted by Gasteiger charge is 2.28. The van der Waals surface area contributed by atoms with Crippen molar-refractivity contribution in [3.63, 3.8) is 0 Å². The molecule has 0 N–H and O–H groups in total. The van der Waals surface area contributed by atoms with Crippen molar-refractivity contribution in [3.05, 3.63) is 28.8 Å². The van der Waals surface area contributed by atoms with Gasteiger partial charge in [0.1, 0.15) is 4.90 Å². The van der Waals surface area contributed by atoms with Crippen molar-refractivity contribution < 1.29 is 13.2 Å². The average Bonchev–Trinajstić information content (AvgIpc) is 2.91. The summed E-state index contributed by atoms with van der Waals surface area (Å²) >= 11 is 6.22. The summed E-state index contributed by atoms with van der Waals surface area (Å²) in [6, 6.07) is 4.59. The number of carbonyl (C=O) groups is 1.